The van der Waals surface area contributed by atoms with Crippen molar-refractivity contribution in [3.63, 3.8) is 0 Å². The lowest BCUT2D eigenvalue weighted by Gasteiger charge is -2.33. The Morgan fingerprint density at radius 2 is 2.03 bits per heavy atom. The molecule has 1 unspecified atom stereocenters. The molecule has 6 nitrogen and oxygen atoms in total. The van der Waals surface area contributed by atoms with E-state index in [-0.39, 0.29) is 17.7 Å². The maximum atomic E-state index is 12.4. The van der Waals surface area contributed by atoms with Crippen LogP contribution in [0.5, 0.6) is 17.2 Å². The standard InChI is InChI=1S/C24H32N2O4/c1-17(2)25-24(28)21-8-4-5-9-22(21)30-16-18-7-6-12-26(14-18)15-19-10-11-20(27)13-23(19)29-3/h4-5,8-11,13,17-18,27H,6-7,12,14-16H2,1-3H3,(H,25,28). The predicted molar refractivity (Wildman–Crippen MR) is 117 cm³/mol. The number of phenols is 1. The number of aromatic hydroxyl groups is 1. The van der Waals surface area contributed by atoms with Crippen LogP contribution in [0.2, 0.25) is 0 Å². The maximum Gasteiger partial charge on any atom is 0.255 e. The molecular formula is C24H32N2O4. The van der Waals surface area contributed by atoms with Gasteiger partial charge in [-0.15, -0.1) is 0 Å². The minimum Gasteiger partial charge on any atom is -0.508 e. The van der Waals surface area contributed by atoms with Crippen LogP contribution in [-0.2, 0) is 6.54 Å². The Kier molecular flexibility index (Phi) is 7.57. The average molecular weight is 413 g/mol. The van der Waals surface area contributed by atoms with Crippen molar-refractivity contribution >= 4 is 5.91 Å². The number of phenolic OH excluding ortho intramolecular Hbond substituents is 1. The van der Waals surface area contributed by atoms with Crippen LogP contribution < -0.4 is 14.8 Å². The number of amides is 1. The van der Waals surface area contributed by atoms with Crippen LogP contribution in [0.15, 0.2) is 42.5 Å². The van der Waals surface area contributed by atoms with Crippen molar-refractivity contribution in [1.82, 2.24) is 10.2 Å². The van der Waals surface area contributed by atoms with Gasteiger partial charge in [0.1, 0.15) is 17.2 Å². The van der Waals surface area contributed by atoms with Gasteiger partial charge in [0.2, 0.25) is 0 Å². The summed E-state index contributed by atoms with van der Waals surface area (Å²) >= 11 is 0. The lowest BCUT2D eigenvalue weighted by molar-refractivity contribution is 0.0932. The van der Waals surface area contributed by atoms with Gasteiger partial charge in [0.15, 0.2) is 0 Å². The molecule has 1 saturated heterocycles. The molecule has 6 heteroatoms. The van der Waals surface area contributed by atoms with Crippen LogP contribution in [0.4, 0.5) is 0 Å². The molecule has 0 saturated carbocycles. The summed E-state index contributed by atoms with van der Waals surface area (Å²) in [7, 11) is 1.62. The van der Waals surface area contributed by atoms with Gasteiger partial charge in [-0.2, -0.15) is 0 Å². The number of hydrogen-bond acceptors (Lipinski definition) is 5. The summed E-state index contributed by atoms with van der Waals surface area (Å²) in [4.78, 5) is 14.8. The van der Waals surface area contributed by atoms with E-state index in [1.807, 2.05) is 38.1 Å². The lowest BCUT2D eigenvalue weighted by Crippen LogP contribution is -2.37. The van der Waals surface area contributed by atoms with Gasteiger partial charge in [-0.25, -0.2) is 0 Å². The van der Waals surface area contributed by atoms with Gasteiger partial charge in [0.25, 0.3) is 5.91 Å². The van der Waals surface area contributed by atoms with Gasteiger partial charge >= 0.3 is 0 Å². The Balaban J connectivity index is 1.59. The first-order chi connectivity index (χ1) is 14.5. The average Bonchev–Trinajstić information content (AvgIpc) is 2.73. The molecule has 1 aliphatic rings. The normalized spacial score (nSPS) is 17.0. The summed E-state index contributed by atoms with van der Waals surface area (Å²) in [5, 5.41) is 12.6. The molecule has 0 bridgehead atoms. The van der Waals surface area contributed by atoms with Crippen LogP contribution >= 0.6 is 0 Å². The number of ether oxygens (including phenoxy) is 2. The van der Waals surface area contributed by atoms with Crippen LogP contribution in [0.25, 0.3) is 0 Å². The first kappa shape index (κ1) is 22.0. The highest BCUT2D eigenvalue weighted by Gasteiger charge is 2.22. The van der Waals surface area contributed by atoms with Crippen molar-refractivity contribution in [2.45, 2.75) is 39.3 Å². The molecule has 0 aliphatic carbocycles. The molecule has 2 N–H and O–H groups in total. The third kappa shape index (κ3) is 5.89. The molecule has 3 rings (SSSR count). The van der Waals surface area contributed by atoms with Gasteiger partial charge in [0, 0.05) is 36.7 Å². The number of piperidine rings is 1. The molecule has 0 radical (unpaired) electrons. The van der Waals surface area contributed by atoms with E-state index in [2.05, 4.69) is 10.2 Å². The van der Waals surface area contributed by atoms with E-state index in [0.717, 1.165) is 38.0 Å². The number of likely N-dealkylation sites (tertiary alicyclic amines) is 1. The van der Waals surface area contributed by atoms with Gasteiger partial charge in [-0.1, -0.05) is 18.2 Å². The summed E-state index contributed by atoms with van der Waals surface area (Å²) in [6.45, 7) is 7.18. The summed E-state index contributed by atoms with van der Waals surface area (Å²) in [5.41, 5.74) is 1.64. The van der Waals surface area contributed by atoms with E-state index in [1.54, 1.807) is 25.3 Å². The Morgan fingerprint density at radius 3 is 2.80 bits per heavy atom. The fourth-order valence-corrected chi connectivity index (χ4v) is 3.86. The highest BCUT2D eigenvalue weighted by molar-refractivity contribution is 5.97. The second-order valence-electron chi connectivity index (χ2n) is 8.17. The molecule has 0 spiro atoms. The molecule has 1 fully saturated rings. The number of benzene rings is 2. The first-order valence-corrected chi connectivity index (χ1v) is 10.6. The van der Waals surface area contributed by atoms with Gasteiger partial charge in [-0.3, -0.25) is 9.69 Å². The highest BCUT2D eigenvalue weighted by atomic mass is 16.5. The first-order valence-electron chi connectivity index (χ1n) is 10.6. The zero-order valence-corrected chi connectivity index (χ0v) is 18.1. The fourth-order valence-electron chi connectivity index (χ4n) is 3.86. The molecule has 0 aromatic heterocycles. The van der Waals surface area contributed by atoms with Crippen molar-refractivity contribution in [3.8, 4) is 17.2 Å². The number of hydrogen-bond donors (Lipinski definition) is 2. The number of carbonyl (C=O) groups is 1. The molecule has 30 heavy (non-hydrogen) atoms. The Hall–Kier alpha value is -2.73. The summed E-state index contributed by atoms with van der Waals surface area (Å²) in [6, 6.07) is 12.8. The summed E-state index contributed by atoms with van der Waals surface area (Å²) < 4.78 is 11.5. The van der Waals surface area contributed by atoms with Crippen LogP contribution in [0.1, 0.15) is 42.6 Å². The SMILES string of the molecule is COc1cc(O)ccc1CN1CCCC(COc2ccccc2C(=O)NC(C)C)C1. The molecule has 1 amide bonds. The fraction of sp³-hybridized carbons (Fsp3) is 0.458. The van der Waals surface area contributed by atoms with Crippen molar-refractivity contribution in [3.05, 3.63) is 53.6 Å². The van der Waals surface area contributed by atoms with Crippen molar-refractivity contribution in [1.29, 1.82) is 0 Å². The highest BCUT2D eigenvalue weighted by Crippen LogP contribution is 2.27. The van der Waals surface area contributed by atoms with Gasteiger partial charge in [0.05, 0.1) is 19.3 Å². The van der Waals surface area contributed by atoms with Crippen molar-refractivity contribution in [2.24, 2.45) is 5.92 Å². The second kappa shape index (κ2) is 10.3. The number of nitrogens with zero attached hydrogens (tertiary/aromatic N) is 1. The lowest BCUT2D eigenvalue weighted by atomic mass is 9.98. The summed E-state index contributed by atoms with van der Waals surface area (Å²) in [5.74, 6) is 1.83. The quantitative estimate of drug-likeness (QED) is 0.690. The van der Waals surface area contributed by atoms with Crippen LogP contribution in [0.3, 0.4) is 0 Å². The number of nitrogens with one attached hydrogen (secondary N) is 1. The predicted octanol–water partition coefficient (Wildman–Crippen LogP) is 3.83. The largest absolute Gasteiger partial charge is 0.508 e. The van der Waals surface area contributed by atoms with Crippen molar-refractivity contribution < 1.29 is 19.4 Å². The molecule has 1 heterocycles. The molecule has 2 aromatic carbocycles. The topological polar surface area (TPSA) is 71.0 Å². The molecule has 162 valence electrons. The van der Waals surface area contributed by atoms with Gasteiger partial charge < -0.3 is 19.9 Å². The molecular weight excluding hydrogens is 380 g/mol. The van der Waals surface area contributed by atoms with Gasteiger partial charge in [-0.05, 0) is 51.4 Å². The van der Waals surface area contributed by atoms with E-state index in [9.17, 15) is 9.90 Å². The maximum absolute atomic E-state index is 12.4. The molecule has 1 aliphatic heterocycles. The zero-order chi connectivity index (χ0) is 21.5. The number of methoxy groups -OCH3 is 1. The number of carbonyl (C=O) groups excluding carboxylic acids is 1. The molecule has 1 atom stereocenters. The van der Waals surface area contributed by atoms with E-state index in [0.29, 0.717) is 29.6 Å². The summed E-state index contributed by atoms with van der Waals surface area (Å²) in [6.07, 6.45) is 2.20. The van der Waals surface area contributed by atoms with E-state index in [4.69, 9.17) is 9.47 Å². The minimum atomic E-state index is -0.106. The Labute approximate surface area is 178 Å². The minimum absolute atomic E-state index is 0.0781. The van der Waals surface area contributed by atoms with Crippen LogP contribution in [-0.4, -0.2) is 48.8 Å². The van der Waals surface area contributed by atoms with E-state index < -0.39 is 0 Å². The third-order valence-electron chi connectivity index (χ3n) is 5.29. The van der Waals surface area contributed by atoms with Crippen LogP contribution in [0, 0.1) is 5.92 Å². The van der Waals surface area contributed by atoms with E-state index in [1.165, 1.54) is 0 Å². The number of rotatable bonds is 8. The Bertz CT molecular complexity index is 853. The zero-order valence-electron chi connectivity index (χ0n) is 18.1. The number of para-hydroxylation sites is 1. The second-order valence-corrected chi connectivity index (χ2v) is 8.17. The smallest absolute Gasteiger partial charge is 0.255 e. The molecule has 2 aromatic rings. The Morgan fingerprint density at radius 1 is 1.23 bits per heavy atom. The third-order valence-corrected chi connectivity index (χ3v) is 5.29. The van der Waals surface area contributed by atoms with Crippen molar-refractivity contribution in [2.75, 3.05) is 26.8 Å². The van der Waals surface area contributed by atoms with E-state index >= 15 is 0 Å². The monoisotopic (exact) mass is 412 g/mol.